The van der Waals surface area contributed by atoms with Gasteiger partial charge in [0.1, 0.15) is 6.04 Å². The maximum absolute atomic E-state index is 12.1. The molecule has 108 valence electrons. The molecule has 2 unspecified atom stereocenters. The standard InChI is InChI=1S/C13H17N3O3S/c1-8(7-9-3-2-6-20-9)14-12(18)10-4-5-11(17)16-13(19)15-10/h2-3,6,8,10H,4-5,7H2,1H3,(H,14,18)(H2,15,16,17,19). The van der Waals surface area contributed by atoms with Gasteiger partial charge in [0.05, 0.1) is 0 Å². The Kier molecular flexibility index (Phi) is 4.73. The molecular weight excluding hydrogens is 278 g/mol. The van der Waals surface area contributed by atoms with Crippen molar-refractivity contribution in [1.82, 2.24) is 16.0 Å². The summed E-state index contributed by atoms with van der Waals surface area (Å²) in [6.07, 6.45) is 1.23. The van der Waals surface area contributed by atoms with Crippen LogP contribution in [0.3, 0.4) is 0 Å². The molecule has 7 heteroatoms. The number of imide groups is 1. The van der Waals surface area contributed by atoms with E-state index in [2.05, 4.69) is 16.0 Å². The Morgan fingerprint density at radius 1 is 1.55 bits per heavy atom. The van der Waals surface area contributed by atoms with Gasteiger partial charge in [0.15, 0.2) is 0 Å². The average Bonchev–Trinajstić information content (AvgIpc) is 2.80. The summed E-state index contributed by atoms with van der Waals surface area (Å²) in [4.78, 5) is 35.8. The maximum atomic E-state index is 12.1. The van der Waals surface area contributed by atoms with E-state index < -0.39 is 12.1 Å². The van der Waals surface area contributed by atoms with Crippen molar-refractivity contribution in [3.8, 4) is 0 Å². The number of amides is 4. The molecule has 2 atom stereocenters. The molecule has 2 heterocycles. The van der Waals surface area contributed by atoms with Gasteiger partial charge in [-0.05, 0) is 24.8 Å². The molecule has 2 rings (SSSR count). The lowest BCUT2D eigenvalue weighted by Crippen LogP contribution is -2.50. The highest BCUT2D eigenvalue weighted by Gasteiger charge is 2.26. The van der Waals surface area contributed by atoms with Gasteiger partial charge in [0.2, 0.25) is 11.8 Å². The van der Waals surface area contributed by atoms with Crippen LogP contribution >= 0.6 is 11.3 Å². The lowest BCUT2D eigenvalue weighted by atomic mass is 10.1. The number of urea groups is 1. The summed E-state index contributed by atoms with van der Waals surface area (Å²) in [5.41, 5.74) is 0. The Hall–Kier alpha value is -1.89. The number of carbonyl (C=O) groups is 3. The predicted octanol–water partition coefficient (Wildman–Crippen LogP) is 0.784. The summed E-state index contributed by atoms with van der Waals surface area (Å²) in [5.74, 6) is -0.608. The van der Waals surface area contributed by atoms with Gasteiger partial charge in [-0.2, -0.15) is 0 Å². The van der Waals surface area contributed by atoms with Crippen LogP contribution < -0.4 is 16.0 Å². The van der Waals surface area contributed by atoms with Crippen LogP contribution in [0.15, 0.2) is 17.5 Å². The first-order valence-corrected chi connectivity index (χ1v) is 7.35. The van der Waals surface area contributed by atoms with Crippen LogP contribution in [0.4, 0.5) is 4.79 Å². The molecule has 0 aromatic carbocycles. The Morgan fingerprint density at radius 2 is 2.35 bits per heavy atom. The molecule has 0 aliphatic carbocycles. The molecule has 1 aromatic rings. The van der Waals surface area contributed by atoms with Crippen LogP contribution in [0.25, 0.3) is 0 Å². The Bertz CT molecular complexity index is 501. The molecule has 1 aromatic heterocycles. The molecule has 4 amide bonds. The topological polar surface area (TPSA) is 87.3 Å². The Balaban J connectivity index is 1.87. The Morgan fingerprint density at radius 3 is 3.05 bits per heavy atom. The van der Waals surface area contributed by atoms with E-state index in [9.17, 15) is 14.4 Å². The minimum Gasteiger partial charge on any atom is -0.351 e. The highest BCUT2D eigenvalue weighted by Crippen LogP contribution is 2.11. The van der Waals surface area contributed by atoms with Crippen LogP contribution in [-0.2, 0) is 16.0 Å². The fourth-order valence-electron chi connectivity index (χ4n) is 2.05. The van der Waals surface area contributed by atoms with Crippen LogP contribution in [0.1, 0.15) is 24.6 Å². The summed E-state index contributed by atoms with van der Waals surface area (Å²) < 4.78 is 0. The SMILES string of the molecule is CC(Cc1cccs1)NC(=O)C1CCC(=O)NC(=O)N1. The van der Waals surface area contributed by atoms with Crippen molar-refractivity contribution in [1.29, 1.82) is 0 Å². The van der Waals surface area contributed by atoms with E-state index in [0.717, 1.165) is 6.42 Å². The molecule has 0 spiro atoms. The molecule has 20 heavy (non-hydrogen) atoms. The number of hydrogen-bond acceptors (Lipinski definition) is 4. The number of nitrogens with one attached hydrogen (secondary N) is 3. The molecule has 0 bridgehead atoms. The van der Waals surface area contributed by atoms with E-state index in [1.807, 2.05) is 24.4 Å². The van der Waals surface area contributed by atoms with E-state index in [1.165, 1.54) is 4.88 Å². The van der Waals surface area contributed by atoms with Crippen molar-refractivity contribution in [2.75, 3.05) is 0 Å². The third kappa shape index (κ3) is 4.06. The minimum atomic E-state index is -0.660. The monoisotopic (exact) mass is 295 g/mol. The zero-order valence-corrected chi connectivity index (χ0v) is 12.0. The first kappa shape index (κ1) is 14.5. The summed E-state index contributed by atoms with van der Waals surface area (Å²) in [6, 6.07) is 2.69. The van der Waals surface area contributed by atoms with E-state index >= 15 is 0 Å². The van der Waals surface area contributed by atoms with Gasteiger partial charge in [-0.15, -0.1) is 11.3 Å². The molecule has 6 nitrogen and oxygen atoms in total. The third-order valence-corrected chi connectivity index (χ3v) is 3.91. The summed E-state index contributed by atoms with van der Waals surface area (Å²) in [5, 5.41) is 9.50. The summed E-state index contributed by atoms with van der Waals surface area (Å²) in [7, 11) is 0. The van der Waals surface area contributed by atoms with Crippen molar-refractivity contribution in [2.45, 2.75) is 38.3 Å². The Labute approximate surface area is 120 Å². The van der Waals surface area contributed by atoms with E-state index in [4.69, 9.17) is 0 Å². The second kappa shape index (κ2) is 6.51. The van der Waals surface area contributed by atoms with Crippen LogP contribution in [-0.4, -0.2) is 29.9 Å². The second-order valence-corrected chi connectivity index (χ2v) is 5.84. The molecule has 0 saturated carbocycles. The van der Waals surface area contributed by atoms with Crippen molar-refractivity contribution in [3.63, 3.8) is 0 Å². The first-order chi connectivity index (χ1) is 9.54. The van der Waals surface area contributed by atoms with Crippen molar-refractivity contribution >= 4 is 29.2 Å². The number of carbonyl (C=O) groups excluding carboxylic acids is 3. The predicted molar refractivity (Wildman–Crippen MR) is 75.3 cm³/mol. The van der Waals surface area contributed by atoms with Gasteiger partial charge in [-0.3, -0.25) is 14.9 Å². The largest absolute Gasteiger partial charge is 0.351 e. The molecule has 1 fully saturated rings. The molecule has 1 saturated heterocycles. The van der Waals surface area contributed by atoms with Gasteiger partial charge < -0.3 is 10.6 Å². The van der Waals surface area contributed by atoms with E-state index in [-0.39, 0.29) is 24.3 Å². The second-order valence-electron chi connectivity index (χ2n) is 4.81. The number of thiophene rings is 1. The lowest BCUT2D eigenvalue weighted by Gasteiger charge is -2.18. The van der Waals surface area contributed by atoms with Crippen molar-refractivity contribution in [2.24, 2.45) is 0 Å². The normalized spacial score (nSPS) is 20.6. The van der Waals surface area contributed by atoms with E-state index in [0.29, 0.717) is 6.42 Å². The van der Waals surface area contributed by atoms with Gasteiger partial charge in [-0.25, -0.2) is 4.79 Å². The van der Waals surface area contributed by atoms with E-state index in [1.54, 1.807) is 11.3 Å². The van der Waals surface area contributed by atoms with Gasteiger partial charge in [0, 0.05) is 23.8 Å². The summed E-state index contributed by atoms with van der Waals surface area (Å²) >= 11 is 1.64. The van der Waals surface area contributed by atoms with Crippen LogP contribution in [0.5, 0.6) is 0 Å². The minimum absolute atomic E-state index is 0.0232. The number of rotatable bonds is 4. The van der Waals surface area contributed by atoms with Crippen molar-refractivity contribution in [3.05, 3.63) is 22.4 Å². The molecule has 0 radical (unpaired) electrons. The summed E-state index contributed by atoms with van der Waals surface area (Å²) in [6.45, 7) is 1.92. The van der Waals surface area contributed by atoms with Crippen LogP contribution in [0, 0.1) is 0 Å². The average molecular weight is 295 g/mol. The van der Waals surface area contributed by atoms with Gasteiger partial charge in [0.25, 0.3) is 0 Å². The smallest absolute Gasteiger partial charge is 0.322 e. The maximum Gasteiger partial charge on any atom is 0.322 e. The fraction of sp³-hybridized carbons (Fsp3) is 0.462. The van der Waals surface area contributed by atoms with Gasteiger partial charge >= 0.3 is 6.03 Å². The number of hydrogen-bond donors (Lipinski definition) is 3. The quantitative estimate of drug-likeness (QED) is 0.767. The zero-order chi connectivity index (χ0) is 14.5. The van der Waals surface area contributed by atoms with Crippen LogP contribution in [0.2, 0.25) is 0 Å². The van der Waals surface area contributed by atoms with Gasteiger partial charge in [-0.1, -0.05) is 6.07 Å². The molecule has 1 aliphatic heterocycles. The highest BCUT2D eigenvalue weighted by molar-refractivity contribution is 7.09. The first-order valence-electron chi connectivity index (χ1n) is 6.47. The third-order valence-electron chi connectivity index (χ3n) is 3.01. The highest BCUT2D eigenvalue weighted by atomic mass is 32.1. The zero-order valence-electron chi connectivity index (χ0n) is 11.1. The molecule has 3 N–H and O–H groups in total. The molecular formula is C13H17N3O3S. The molecule has 1 aliphatic rings. The van der Waals surface area contributed by atoms with Crippen molar-refractivity contribution < 1.29 is 14.4 Å². The lowest BCUT2D eigenvalue weighted by molar-refractivity contribution is -0.123. The fourth-order valence-corrected chi connectivity index (χ4v) is 2.89.